The molecule has 0 spiro atoms. The maximum absolute atomic E-state index is 12.8. The molecule has 0 fully saturated rings. The van der Waals surface area contributed by atoms with E-state index in [0.29, 0.717) is 0 Å². The lowest BCUT2D eigenvalue weighted by Gasteiger charge is -2.02. The molecule has 0 bridgehead atoms. The Hall–Kier alpha value is -1.65. The van der Waals surface area contributed by atoms with E-state index in [1.165, 1.54) is 0 Å². The molecule has 5 heteroatoms. The molecule has 0 saturated carbocycles. The van der Waals surface area contributed by atoms with Crippen molar-refractivity contribution in [3.8, 4) is 0 Å². The highest BCUT2D eigenvalue weighted by molar-refractivity contribution is 5.89. The van der Waals surface area contributed by atoms with Gasteiger partial charge < -0.3 is 10.5 Å². The van der Waals surface area contributed by atoms with E-state index in [-0.39, 0.29) is 5.56 Å². The lowest BCUT2D eigenvalue weighted by atomic mass is 10.2. The molecule has 1 rings (SSSR count). The fourth-order valence-corrected chi connectivity index (χ4v) is 0.820. The molecule has 1 aromatic rings. The molecule has 3 nitrogen and oxygen atoms in total. The summed E-state index contributed by atoms with van der Waals surface area (Å²) in [6.45, 7) is 0. The van der Waals surface area contributed by atoms with Crippen LogP contribution in [0.4, 0.5) is 14.5 Å². The Bertz CT molecular complexity index is 329. The van der Waals surface area contributed by atoms with Gasteiger partial charge in [0.05, 0.1) is 12.7 Å². The number of hydrogen-bond acceptors (Lipinski definition) is 3. The van der Waals surface area contributed by atoms with Gasteiger partial charge in [-0.1, -0.05) is 0 Å². The van der Waals surface area contributed by atoms with E-state index in [1.54, 1.807) is 0 Å². The number of anilines is 1. The van der Waals surface area contributed by atoms with Crippen molar-refractivity contribution < 1.29 is 18.3 Å². The molecule has 0 aliphatic carbocycles. The summed E-state index contributed by atoms with van der Waals surface area (Å²) < 4.78 is 29.8. The van der Waals surface area contributed by atoms with E-state index in [9.17, 15) is 13.6 Å². The van der Waals surface area contributed by atoms with Gasteiger partial charge >= 0.3 is 5.97 Å². The number of benzene rings is 1. The number of nitrogens with two attached hydrogens (primary N) is 1. The summed E-state index contributed by atoms with van der Waals surface area (Å²) in [5.41, 5.74) is 4.18. The van der Waals surface area contributed by atoms with Gasteiger partial charge in [0, 0.05) is 0 Å². The zero-order valence-corrected chi connectivity index (χ0v) is 6.80. The Morgan fingerprint density at radius 1 is 1.38 bits per heavy atom. The van der Waals surface area contributed by atoms with E-state index >= 15 is 0 Å². The monoisotopic (exact) mass is 187 g/mol. The molecular weight excluding hydrogens is 180 g/mol. The average molecular weight is 187 g/mol. The molecular formula is C8H7F2NO2. The predicted octanol–water partition coefficient (Wildman–Crippen LogP) is 1.33. The van der Waals surface area contributed by atoms with E-state index in [1.807, 2.05) is 0 Å². The van der Waals surface area contributed by atoms with Gasteiger partial charge in [-0.2, -0.15) is 0 Å². The summed E-state index contributed by atoms with van der Waals surface area (Å²) in [6.07, 6.45) is 0. The number of carbonyl (C=O) groups excluding carboxylic acids is 1. The minimum atomic E-state index is -0.972. The third-order valence-corrected chi connectivity index (χ3v) is 1.50. The number of carbonyl (C=O) groups is 1. The van der Waals surface area contributed by atoms with E-state index in [4.69, 9.17) is 5.73 Å². The van der Waals surface area contributed by atoms with Crippen molar-refractivity contribution in [3.63, 3.8) is 0 Å². The number of hydrogen-bond donors (Lipinski definition) is 1. The molecule has 70 valence electrons. The lowest BCUT2D eigenvalue weighted by molar-refractivity contribution is 0.0599. The van der Waals surface area contributed by atoms with Gasteiger partial charge in [-0.15, -0.1) is 0 Å². The Kier molecular flexibility index (Phi) is 2.46. The quantitative estimate of drug-likeness (QED) is 0.533. The number of ether oxygens (including phenoxy) is 1. The molecule has 13 heavy (non-hydrogen) atoms. The minimum Gasteiger partial charge on any atom is -0.465 e. The van der Waals surface area contributed by atoms with Crippen LogP contribution in [0.1, 0.15) is 10.4 Å². The van der Waals surface area contributed by atoms with Gasteiger partial charge in [0.15, 0.2) is 0 Å². The summed E-state index contributed by atoms with van der Waals surface area (Å²) in [5.74, 6) is -2.75. The van der Waals surface area contributed by atoms with Crippen LogP contribution in [0.5, 0.6) is 0 Å². The molecule has 2 N–H and O–H groups in total. The van der Waals surface area contributed by atoms with Gasteiger partial charge in [0.1, 0.15) is 17.3 Å². The third kappa shape index (κ3) is 1.74. The van der Waals surface area contributed by atoms with Crippen LogP contribution in [0.2, 0.25) is 0 Å². The van der Waals surface area contributed by atoms with Crippen molar-refractivity contribution >= 4 is 11.7 Å². The first-order valence-electron chi connectivity index (χ1n) is 3.39. The Morgan fingerprint density at radius 3 is 2.23 bits per heavy atom. The predicted molar refractivity (Wildman–Crippen MR) is 42.1 cm³/mol. The van der Waals surface area contributed by atoms with Gasteiger partial charge in [0.2, 0.25) is 0 Å². The maximum atomic E-state index is 12.8. The Labute approximate surface area is 73.1 Å². The first-order valence-corrected chi connectivity index (χ1v) is 3.39. The summed E-state index contributed by atoms with van der Waals surface area (Å²) in [5, 5.41) is 0. The third-order valence-electron chi connectivity index (χ3n) is 1.50. The van der Waals surface area contributed by atoms with Crippen LogP contribution in [-0.2, 0) is 4.74 Å². The van der Waals surface area contributed by atoms with Crippen LogP contribution in [0.15, 0.2) is 12.1 Å². The molecule has 0 atom stereocenters. The highest BCUT2D eigenvalue weighted by Gasteiger charge is 2.12. The van der Waals surface area contributed by atoms with Gasteiger partial charge in [-0.25, -0.2) is 13.6 Å². The smallest absolute Gasteiger partial charge is 0.338 e. The van der Waals surface area contributed by atoms with E-state index in [2.05, 4.69) is 4.74 Å². The van der Waals surface area contributed by atoms with Crippen molar-refractivity contribution in [2.75, 3.05) is 12.8 Å². The minimum absolute atomic E-state index is 0.202. The van der Waals surface area contributed by atoms with E-state index < -0.39 is 23.3 Å². The maximum Gasteiger partial charge on any atom is 0.338 e. The van der Waals surface area contributed by atoms with Crippen LogP contribution in [-0.4, -0.2) is 13.1 Å². The Morgan fingerprint density at radius 2 is 1.85 bits per heavy atom. The fourth-order valence-electron chi connectivity index (χ4n) is 0.820. The average Bonchev–Trinajstić information content (AvgIpc) is 2.12. The molecule has 1 aromatic carbocycles. The summed E-state index contributed by atoms with van der Waals surface area (Å²) in [6, 6.07) is 1.65. The van der Waals surface area contributed by atoms with Gasteiger partial charge in [-0.3, -0.25) is 0 Å². The largest absolute Gasteiger partial charge is 0.465 e. The first-order chi connectivity index (χ1) is 6.06. The second kappa shape index (κ2) is 3.38. The fraction of sp³-hybridized carbons (Fsp3) is 0.125. The summed E-state index contributed by atoms with van der Waals surface area (Å²) in [4.78, 5) is 10.8. The number of nitrogen functional groups attached to an aromatic ring is 1. The highest BCUT2D eigenvalue weighted by Crippen LogP contribution is 2.17. The number of methoxy groups -OCH3 is 1. The molecule has 0 heterocycles. The summed E-state index contributed by atoms with van der Waals surface area (Å²) >= 11 is 0. The van der Waals surface area contributed by atoms with Gasteiger partial charge in [-0.05, 0) is 12.1 Å². The molecule has 0 radical (unpaired) electrons. The summed E-state index contributed by atoms with van der Waals surface area (Å²) in [7, 11) is 1.12. The van der Waals surface area contributed by atoms with Crippen molar-refractivity contribution in [1.29, 1.82) is 0 Å². The van der Waals surface area contributed by atoms with Gasteiger partial charge in [0.25, 0.3) is 0 Å². The van der Waals surface area contributed by atoms with Crippen LogP contribution in [0, 0.1) is 11.6 Å². The van der Waals surface area contributed by atoms with Crippen LogP contribution in [0.25, 0.3) is 0 Å². The zero-order chi connectivity index (χ0) is 10.0. The second-order valence-corrected chi connectivity index (χ2v) is 2.35. The zero-order valence-electron chi connectivity index (χ0n) is 6.80. The molecule has 0 saturated heterocycles. The van der Waals surface area contributed by atoms with Crippen LogP contribution in [0.3, 0.4) is 0 Å². The first kappa shape index (κ1) is 9.44. The van der Waals surface area contributed by atoms with Crippen molar-refractivity contribution in [2.45, 2.75) is 0 Å². The lowest BCUT2D eigenvalue weighted by Crippen LogP contribution is -2.05. The van der Waals surface area contributed by atoms with Crippen molar-refractivity contribution in [3.05, 3.63) is 29.3 Å². The standard InChI is InChI=1S/C8H7F2NO2/c1-13-8(12)4-2-5(9)7(11)6(10)3-4/h2-3H,11H2,1H3. The molecule has 0 amide bonds. The number of rotatable bonds is 1. The Balaban J connectivity index is 3.20. The molecule has 0 aliphatic heterocycles. The molecule has 0 unspecified atom stereocenters. The number of esters is 1. The van der Waals surface area contributed by atoms with Crippen LogP contribution < -0.4 is 5.73 Å². The van der Waals surface area contributed by atoms with Crippen LogP contribution >= 0.6 is 0 Å². The molecule has 0 aliphatic rings. The number of halogens is 2. The SMILES string of the molecule is COC(=O)c1cc(F)c(N)c(F)c1. The molecule has 0 aromatic heterocycles. The van der Waals surface area contributed by atoms with Crippen molar-refractivity contribution in [2.24, 2.45) is 0 Å². The van der Waals surface area contributed by atoms with Crippen molar-refractivity contribution in [1.82, 2.24) is 0 Å². The topological polar surface area (TPSA) is 52.3 Å². The highest BCUT2D eigenvalue weighted by atomic mass is 19.1. The second-order valence-electron chi connectivity index (χ2n) is 2.35. The van der Waals surface area contributed by atoms with E-state index in [0.717, 1.165) is 19.2 Å². The normalized spacial score (nSPS) is 9.77.